The van der Waals surface area contributed by atoms with Gasteiger partial charge in [0, 0.05) is 18.0 Å². The topological polar surface area (TPSA) is 38.9 Å². The molecule has 1 atom stereocenters. The van der Waals surface area contributed by atoms with Gasteiger partial charge in [-0.1, -0.05) is 6.07 Å². The Bertz CT molecular complexity index is 486. The summed E-state index contributed by atoms with van der Waals surface area (Å²) in [6.07, 6.45) is 3.13. The summed E-state index contributed by atoms with van der Waals surface area (Å²) in [6.45, 7) is 0. The van der Waals surface area contributed by atoms with Gasteiger partial charge < -0.3 is 5.73 Å². The zero-order chi connectivity index (χ0) is 11.5. The molecular formula is C12H10F2N2. The molecule has 0 bridgehead atoms. The van der Waals surface area contributed by atoms with Gasteiger partial charge in [-0.05, 0) is 29.8 Å². The molecule has 0 fully saturated rings. The van der Waals surface area contributed by atoms with Gasteiger partial charge in [0.2, 0.25) is 0 Å². The average molecular weight is 220 g/mol. The van der Waals surface area contributed by atoms with Crippen LogP contribution in [0.15, 0.2) is 42.7 Å². The number of benzene rings is 1. The SMILES string of the molecule is NC(c1cccnc1)c1cc(F)ccc1F. The predicted octanol–water partition coefficient (Wildman–Crippen LogP) is 2.41. The molecule has 0 aliphatic heterocycles. The number of nitrogens with zero attached hydrogens (tertiary/aromatic N) is 1. The molecule has 82 valence electrons. The minimum Gasteiger partial charge on any atom is -0.320 e. The van der Waals surface area contributed by atoms with Gasteiger partial charge in [0.25, 0.3) is 0 Å². The van der Waals surface area contributed by atoms with E-state index in [0.29, 0.717) is 5.56 Å². The minimum absolute atomic E-state index is 0.132. The largest absolute Gasteiger partial charge is 0.320 e. The first-order chi connectivity index (χ1) is 7.68. The zero-order valence-electron chi connectivity index (χ0n) is 8.40. The van der Waals surface area contributed by atoms with Crippen molar-refractivity contribution in [1.29, 1.82) is 0 Å². The number of halogens is 2. The van der Waals surface area contributed by atoms with Crippen LogP contribution in [0, 0.1) is 11.6 Å². The molecule has 16 heavy (non-hydrogen) atoms. The third-order valence-electron chi connectivity index (χ3n) is 2.34. The van der Waals surface area contributed by atoms with E-state index in [1.54, 1.807) is 18.3 Å². The lowest BCUT2D eigenvalue weighted by Crippen LogP contribution is -2.14. The van der Waals surface area contributed by atoms with E-state index < -0.39 is 17.7 Å². The van der Waals surface area contributed by atoms with Crippen LogP contribution in [0.4, 0.5) is 8.78 Å². The molecule has 1 unspecified atom stereocenters. The van der Waals surface area contributed by atoms with Gasteiger partial charge in [-0.3, -0.25) is 4.98 Å². The van der Waals surface area contributed by atoms with Crippen molar-refractivity contribution in [3.63, 3.8) is 0 Å². The van der Waals surface area contributed by atoms with Crippen LogP contribution in [0.25, 0.3) is 0 Å². The molecule has 2 aromatic rings. The van der Waals surface area contributed by atoms with Crippen molar-refractivity contribution in [2.75, 3.05) is 0 Å². The Morgan fingerprint density at radius 2 is 2.00 bits per heavy atom. The van der Waals surface area contributed by atoms with Crippen molar-refractivity contribution >= 4 is 0 Å². The van der Waals surface area contributed by atoms with E-state index in [2.05, 4.69) is 4.98 Å². The number of pyridine rings is 1. The maximum Gasteiger partial charge on any atom is 0.128 e. The predicted molar refractivity (Wildman–Crippen MR) is 56.6 cm³/mol. The lowest BCUT2D eigenvalue weighted by Gasteiger charge is -2.12. The molecule has 0 saturated heterocycles. The first-order valence-electron chi connectivity index (χ1n) is 4.79. The van der Waals surface area contributed by atoms with Crippen LogP contribution in [0.2, 0.25) is 0 Å². The highest BCUT2D eigenvalue weighted by atomic mass is 19.1. The highest BCUT2D eigenvalue weighted by Crippen LogP contribution is 2.22. The Kier molecular flexibility index (Phi) is 2.92. The molecule has 2 N–H and O–H groups in total. The molecule has 2 rings (SSSR count). The van der Waals surface area contributed by atoms with E-state index in [1.165, 1.54) is 6.20 Å². The summed E-state index contributed by atoms with van der Waals surface area (Å²) in [6, 6.07) is 5.96. The van der Waals surface area contributed by atoms with Gasteiger partial charge in [0.15, 0.2) is 0 Å². The maximum atomic E-state index is 13.4. The van der Waals surface area contributed by atoms with Gasteiger partial charge in [-0.25, -0.2) is 8.78 Å². The lowest BCUT2D eigenvalue weighted by molar-refractivity contribution is 0.576. The first kappa shape index (κ1) is 10.7. The smallest absolute Gasteiger partial charge is 0.128 e. The molecule has 0 aliphatic rings. The molecule has 0 radical (unpaired) electrons. The summed E-state index contributed by atoms with van der Waals surface area (Å²) >= 11 is 0. The molecule has 1 aromatic heterocycles. The molecule has 0 amide bonds. The Morgan fingerprint density at radius 3 is 2.69 bits per heavy atom. The fourth-order valence-electron chi connectivity index (χ4n) is 1.49. The molecule has 1 heterocycles. The van der Waals surface area contributed by atoms with Crippen LogP contribution in [0.1, 0.15) is 17.2 Å². The summed E-state index contributed by atoms with van der Waals surface area (Å²) < 4.78 is 26.4. The fourth-order valence-corrected chi connectivity index (χ4v) is 1.49. The van der Waals surface area contributed by atoms with E-state index in [0.717, 1.165) is 18.2 Å². The van der Waals surface area contributed by atoms with Crippen molar-refractivity contribution in [2.45, 2.75) is 6.04 Å². The van der Waals surface area contributed by atoms with Crippen LogP contribution in [0.5, 0.6) is 0 Å². The van der Waals surface area contributed by atoms with E-state index in [9.17, 15) is 8.78 Å². The van der Waals surface area contributed by atoms with Crippen LogP contribution in [-0.2, 0) is 0 Å². The van der Waals surface area contributed by atoms with E-state index in [1.807, 2.05) is 0 Å². The minimum atomic E-state index is -0.704. The number of hydrogen-bond acceptors (Lipinski definition) is 2. The summed E-state index contributed by atoms with van der Waals surface area (Å²) in [5.41, 5.74) is 6.62. The molecule has 0 saturated carbocycles. The monoisotopic (exact) mass is 220 g/mol. The molecule has 1 aromatic carbocycles. The van der Waals surface area contributed by atoms with Crippen LogP contribution in [-0.4, -0.2) is 4.98 Å². The molecule has 2 nitrogen and oxygen atoms in total. The second kappa shape index (κ2) is 4.37. The zero-order valence-corrected chi connectivity index (χ0v) is 8.40. The number of rotatable bonds is 2. The van der Waals surface area contributed by atoms with E-state index in [-0.39, 0.29) is 5.56 Å². The first-order valence-corrected chi connectivity index (χ1v) is 4.79. The Morgan fingerprint density at radius 1 is 1.19 bits per heavy atom. The van der Waals surface area contributed by atoms with Crippen LogP contribution < -0.4 is 5.73 Å². The van der Waals surface area contributed by atoms with Crippen molar-refractivity contribution in [2.24, 2.45) is 5.73 Å². The Labute approximate surface area is 91.7 Å². The van der Waals surface area contributed by atoms with Gasteiger partial charge in [-0.15, -0.1) is 0 Å². The highest BCUT2D eigenvalue weighted by Gasteiger charge is 2.14. The van der Waals surface area contributed by atoms with E-state index in [4.69, 9.17) is 5.73 Å². The van der Waals surface area contributed by atoms with E-state index >= 15 is 0 Å². The second-order valence-corrected chi connectivity index (χ2v) is 3.43. The standard InChI is InChI=1S/C12H10F2N2/c13-9-3-4-11(14)10(6-9)12(15)8-2-1-5-16-7-8/h1-7,12H,15H2. The summed E-state index contributed by atoms with van der Waals surface area (Å²) in [4.78, 5) is 3.89. The quantitative estimate of drug-likeness (QED) is 0.844. The maximum absolute atomic E-state index is 13.4. The Balaban J connectivity index is 2.41. The van der Waals surface area contributed by atoms with Gasteiger partial charge in [-0.2, -0.15) is 0 Å². The third-order valence-corrected chi connectivity index (χ3v) is 2.34. The van der Waals surface area contributed by atoms with Gasteiger partial charge >= 0.3 is 0 Å². The Hall–Kier alpha value is -1.81. The number of hydrogen-bond donors (Lipinski definition) is 1. The van der Waals surface area contributed by atoms with Crippen molar-refractivity contribution < 1.29 is 8.78 Å². The molecule has 0 aliphatic carbocycles. The van der Waals surface area contributed by atoms with Gasteiger partial charge in [0.05, 0.1) is 6.04 Å². The molecular weight excluding hydrogens is 210 g/mol. The fraction of sp³-hybridized carbons (Fsp3) is 0.0833. The summed E-state index contributed by atoms with van der Waals surface area (Å²) in [5.74, 6) is -1.02. The van der Waals surface area contributed by atoms with Crippen LogP contribution >= 0.6 is 0 Å². The lowest BCUT2D eigenvalue weighted by atomic mass is 10.0. The van der Waals surface area contributed by atoms with Crippen molar-refractivity contribution in [3.8, 4) is 0 Å². The van der Waals surface area contributed by atoms with Crippen molar-refractivity contribution in [1.82, 2.24) is 4.98 Å². The normalized spacial score (nSPS) is 12.4. The average Bonchev–Trinajstić information content (AvgIpc) is 2.32. The number of aromatic nitrogens is 1. The van der Waals surface area contributed by atoms with Crippen LogP contribution in [0.3, 0.4) is 0 Å². The summed E-state index contributed by atoms with van der Waals surface area (Å²) in [5, 5.41) is 0. The van der Waals surface area contributed by atoms with Gasteiger partial charge in [0.1, 0.15) is 11.6 Å². The second-order valence-electron chi connectivity index (χ2n) is 3.43. The van der Waals surface area contributed by atoms with Crippen molar-refractivity contribution in [3.05, 3.63) is 65.5 Å². The summed E-state index contributed by atoms with van der Waals surface area (Å²) in [7, 11) is 0. The molecule has 0 spiro atoms. The molecule has 4 heteroatoms. The third kappa shape index (κ3) is 2.06. The number of nitrogens with two attached hydrogens (primary N) is 1. The highest BCUT2D eigenvalue weighted by molar-refractivity contribution is 5.30.